The number of hydrogen-bond acceptors (Lipinski definition) is 6. The Morgan fingerprint density at radius 3 is 2.83 bits per heavy atom. The Bertz CT molecular complexity index is 1120. The van der Waals surface area contributed by atoms with E-state index in [0.29, 0.717) is 10.8 Å². The van der Waals surface area contributed by atoms with Crippen LogP contribution >= 0.6 is 11.3 Å². The number of fused-ring (bicyclic) bond motifs is 1. The summed E-state index contributed by atoms with van der Waals surface area (Å²) in [5, 5.41) is 9.44. The number of carbonyl (C=O) groups excluding carboxylic acids is 1. The van der Waals surface area contributed by atoms with Gasteiger partial charge in [0, 0.05) is 24.3 Å². The van der Waals surface area contributed by atoms with E-state index in [4.69, 9.17) is 10.5 Å². The van der Waals surface area contributed by atoms with Crippen molar-refractivity contribution in [1.82, 2.24) is 15.3 Å². The van der Waals surface area contributed by atoms with Gasteiger partial charge in [-0.2, -0.15) is 0 Å². The number of anilines is 2. The first-order valence-electron chi connectivity index (χ1n) is 9.15. The zero-order chi connectivity index (χ0) is 20.2. The first-order chi connectivity index (χ1) is 14.1. The molecular formula is C21H21N5O2S. The van der Waals surface area contributed by atoms with E-state index >= 15 is 0 Å². The van der Waals surface area contributed by atoms with Gasteiger partial charge in [-0.15, -0.1) is 11.3 Å². The maximum Gasteiger partial charge on any atom is 0.414 e. The van der Waals surface area contributed by atoms with Crippen LogP contribution in [0.15, 0.2) is 60.2 Å². The van der Waals surface area contributed by atoms with Crippen molar-refractivity contribution >= 4 is 39.8 Å². The molecule has 1 amide bonds. The third kappa shape index (κ3) is 4.23. The summed E-state index contributed by atoms with van der Waals surface area (Å²) in [6.45, 7) is 2.29. The minimum atomic E-state index is -0.548. The summed E-state index contributed by atoms with van der Waals surface area (Å²) in [4.78, 5) is 19.8. The van der Waals surface area contributed by atoms with Crippen LogP contribution in [0, 0.1) is 6.92 Å². The van der Waals surface area contributed by atoms with Crippen LogP contribution in [0.4, 0.5) is 16.2 Å². The Morgan fingerprint density at radius 2 is 2.03 bits per heavy atom. The van der Waals surface area contributed by atoms with Gasteiger partial charge in [0.25, 0.3) is 0 Å². The number of hydrogen-bond donors (Lipinski definition) is 4. The number of aryl methyl sites for hydroxylation is 1. The molecule has 8 heteroatoms. The van der Waals surface area contributed by atoms with Crippen molar-refractivity contribution in [2.45, 2.75) is 13.0 Å². The predicted molar refractivity (Wildman–Crippen MR) is 116 cm³/mol. The molecule has 148 valence electrons. The lowest BCUT2D eigenvalue weighted by molar-refractivity contribution is 0.198. The fourth-order valence-corrected chi connectivity index (χ4v) is 3.71. The molecule has 5 N–H and O–H groups in total. The molecule has 0 fully saturated rings. The largest absolute Gasteiger partial charge is 0.414 e. The fourth-order valence-electron chi connectivity index (χ4n) is 3.02. The minimum Gasteiger partial charge on any atom is -0.397 e. The van der Waals surface area contributed by atoms with Crippen molar-refractivity contribution in [3.63, 3.8) is 0 Å². The number of carbonyl (C=O) groups is 1. The Kier molecular flexibility index (Phi) is 5.46. The van der Waals surface area contributed by atoms with Crippen molar-refractivity contribution in [3.05, 3.63) is 71.4 Å². The summed E-state index contributed by atoms with van der Waals surface area (Å²) >= 11 is 1.34. The molecule has 0 saturated heterocycles. The number of pyridine rings is 1. The number of ether oxygens (including phenoxy) is 1. The second kappa shape index (κ2) is 8.34. The van der Waals surface area contributed by atoms with Crippen LogP contribution in [0.2, 0.25) is 0 Å². The number of nitrogens with zero attached hydrogens (tertiary/aromatic N) is 1. The highest BCUT2D eigenvalue weighted by Crippen LogP contribution is 2.35. The number of amides is 1. The predicted octanol–water partition coefficient (Wildman–Crippen LogP) is 4.46. The van der Waals surface area contributed by atoms with Crippen molar-refractivity contribution in [2.24, 2.45) is 5.73 Å². The van der Waals surface area contributed by atoms with Crippen LogP contribution < -0.4 is 21.1 Å². The second-order valence-corrected chi connectivity index (χ2v) is 7.46. The van der Waals surface area contributed by atoms with Gasteiger partial charge in [0.15, 0.2) is 0 Å². The SMILES string of the molecule is Cc1ccc(C(CN)NC(=O)Oc2sccc2Nc2ccnc3[nH]ccc23)cc1. The third-order valence-electron chi connectivity index (χ3n) is 4.55. The number of H-pyrrole nitrogens is 1. The van der Waals surface area contributed by atoms with Crippen molar-refractivity contribution in [3.8, 4) is 5.06 Å². The van der Waals surface area contributed by atoms with Gasteiger partial charge in [-0.3, -0.25) is 0 Å². The number of thiophene rings is 1. The van der Waals surface area contributed by atoms with E-state index in [9.17, 15) is 4.79 Å². The highest BCUT2D eigenvalue weighted by atomic mass is 32.1. The third-order valence-corrected chi connectivity index (χ3v) is 5.34. The summed E-state index contributed by atoms with van der Waals surface area (Å²) in [5.74, 6) is 0. The van der Waals surface area contributed by atoms with E-state index in [1.807, 2.05) is 61.0 Å². The molecule has 0 spiro atoms. The van der Waals surface area contributed by atoms with E-state index < -0.39 is 6.09 Å². The van der Waals surface area contributed by atoms with E-state index in [0.717, 1.165) is 27.8 Å². The van der Waals surface area contributed by atoms with Crippen LogP contribution in [0.25, 0.3) is 11.0 Å². The van der Waals surface area contributed by atoms with Gasteiger partial charge in [-0.25, -0.2) is 9.78 Å². The van der Waals surface area contributed by atoms with Crippen LogP contribution in [0.5, 0.6) is 5.06 Å². The van der Waals surface area contributed by atoms with Gasteiger partial charge >= 0.3 is 6.09 Å². The zero-order valence-electron chi connectivity index (χ0n) is 15.8. The fraction of sp³-hybridized carbons (Fsp3) is 0.143. The quantitative estimate of drug-likeness (QED) is 0.378. The zero-order valence-corrected chi connectivity index (χ0v) is 16.6. The van der Waals surface area contributed by atoms with Crippen LogP contribution in [0.3, 0.4) is 0 Å². The molecule has 1 atom stereocenters. The Labute approximate surface area is 171 Å². The molecule has 1 aromatic carbocycles. The van der Waals surface area contributed by atoms with Crippen LogP contribution in [-0.4, -0.2) is 22.6 Å². The number of benzene rings is 1. The standard InChI is InChI=1S/C21H21N5O2S/c1-13-2-4-14(5-3-13)18(12-22)26-21(27)28-20-17(8-11-29-20)25-16-7-10-24-19-15(16)6-9-23-19/h2-11,18H,12,22H2,1H3,(H,26,27)(H2,23,24,25). The molecule has 7 nitrogen and oxygen atoms in total. The smallest absolute Gasteiger partial charge is 0.397 e. The molecule has 0 aliphatic heterocycles. The first-order valence-corrected chi connectivity index (χ1v) is 10.0. The van der Waals surface area contributed by atoms with E-state index in [1.54, 1.807) is 6.20 Å². The van der Waals surface area contributed by atoms with E-state index in [1.165, 1.54) is 11.3 Å². The normalized spacial score (nSPS) is 11.9. The van der Waals surface area contributed by atoms with E-state index in [-0.39, 0.29) is 12.6 Å². The van der Waals surface area contributed by atoms with Gasteiger partial charge in [0.1, 0.15) is 5.65 Å². The molecule has 3 aromatic heterocycles. The number of aromatic amines is 1. The lowest BCUT2D eigenvalue weighted by Crippen LogP contribution is -2.35. The highest BCUT2D eigenvalue weighted by Gasteiger charge is 2.17. The average Bonchev–Trinajstić information content (AvgIpc) is 3.37. The minimum absolute atomic E-state index is 0.274. The number of aromatic nitrogens is 2. The highest BCUT2D eigenvalue weighted by molar-refractivity contribution is 7.12. The van der Waals surface area contributed by atoms with Gasteiger partial charge in [-0.05, 0) is 36.1 Å². The van der Waals surface area contributed by atoms with Gasteiger partial charge in [-0.1, -0.05) is 29.8 Å². The number of rotatable bonds is 6. The van der Waals surface area contributed by atoms with Crippen molar-refractivity contribution in [1.29, 1.82) is 0 Å². The molecule has 0 saturated carbocycles. The van der Waals surface area contributed by atoms with E-state index in [2.05, 4.69) is 20.6 Å². The Balaban J connectivity index is 1.46. The molecule has 29 heavy (non-hydrogen) atoms. The van der Waals surface area contributed by atoms with Gasteiger partial charge < -0.3 is 26.1 Å². The lowest BCUT2D eigenvalue weighted by atomic mass is 10.1. The molecule has 0 aliphatic rings. The molecule has 4 aromatic rings. The van der Waals surface area contributed by atoms with Crippen LogP contribution in [0.1, 0.15) is 17.2 Å². The average molecular weight is 407 g/mol. The summed E-state index contributed by atoms with van der Waals surface area (Å²) in [6.07, 6.45) is 3.00. The lowest BCUT2D eigenvalue weighted by Gasteiger charge is -2.17. The number of nitrogens with one attached hydrogen (secondary N) is 3. The summed E-state index contributed by atoms with van der Waals surface area (Å²) < 4.78 is 5.56. The van der Waals surface area contributed by atoms with Crippen LogP contribution in [-0.2, 0) is 0 Å². The topological polar surface area (TPSA) is 105 Å². The summed E-state index contributed by atoms with van der Waals surface area (Å²) in [7, 11) is 0. The molecule has 0 radical (unpaired) electrons. The molecule has 1 unspecified atom stereocenters. The van der Waals surface area contributed by atoms with Crippen molar-refractivity contribution < 1.29 is 9.53 Å². The summed E-state index contributed by atoms with van der Waals surface area (Å²) in [6, 6.07) is 13.3. The van der Waals surface area contributed by atoms with Crippen molar-refractivity contribution in [2.75, 3.05) is 11.9 Å². The Morgan fingerprint density at radius 1 is 1.21 bits per heavy atom. The monoisotopic (exact) mass is 407 g/mol. The molecule has 0 aliphatic carbocycles. The van der Waals surface area contributed by atoms with Gasteiger partial charge in [0.05, 0.1) is 17.4 Å². The molecular weight excluding hydrogens is 386 g/mol. The summed E-state index contributed by atoms with van der Waals surface area (Å²) in [5.41, 5.74) is 10.3. The molecule has 4 rings (SSSR count). The molecule has 3 heterocycles. The molecule has 0 bridgehead atoms. The Hall–Kier alpha value is -3.36. The van der Waals surface area contributed by atoms with Gasteiger partial charge in [0.2, 0.25) is 5.06 Å². The maximum absolute atomic E-state index is 12.5. The maximum atomic E-state index is 12.5. The number of nitrogens with two attached hydrogens (primary N) is 1. The first kappa shape index (κ1) is 19.0. The second-order valence-electron chi connectivity index (χ2n) is 6.58.